The number of amides is 3. The molecule has 0 aromatic heterocycles. The molecular weight excluding hydrogens is 556 g/mol. The van der Waals surface area contributed by atoms with Crippen molar-refractivity contribution in [2.24, 2.45) is 0 Å². The van der Waals surface area contributed by atoms with Crippen LogP contribution in [0, 0.1) is 0 Å². The monoisotopic (exact) mass is 614 g/mol. The van der Waals surface area contributed by atoms with Gasteiger partial charge in [0.15, 0.2) is 6.10 Å². The van der Waals surface area contributed by atoms with Crippen molar-refractivity contribution in [1.29, 1.82) is 0 Å². The normalized spacial score (nSPS) is 24.6. The van der Waals surface area contributed by atoms with Gasteiger partial charge in [-0.05, 0) is 80.7 Å². The van der Waals surface area contributed by atoms with E-state index in [-0.39, 0.29) is 30.8 Å². The summed E-state index contributed by atoms with van der Waals surface area (Å²) in [5.41, 5.74) is -1.03. The van der Waals surface area contributed by atoms with Crippen LogP contribution in [-0.2, 0) is 14.3 Å². The Hall–Kier alpha value is -2.15. The third-order valence-electron chi connectivity index (χ3n) is 7.88. The Morgan fingerprint density at radius 1 is 0.977 bits per heavy atom. The first-order valence-corrected chi connectivity index (χ1v) is 16.0. The van der Waals surface area contributed by atoms with E-state index in [1.54, 1.807) is 20.8 Å². The lowest BCUT2D eigenvalue weighted by atomic mass is 9.93. The lowest BCUT2D eigenvalue weighted by Crippen LogP contribution is -2.64. The molecule has 2 rings (SSSR count). The highest BCUT2D eigenvalue weighted by Crippen LogP contribution is 2.25. The number of alkyl carbamates (subject to hydrolysis) is 1. The molecule has 250 valence electrons. The third kappa shape index (κ3) is 12.8. The van der Waals surface area contributed by atoms with E-state index < -0.39 is 48.1 Å². The molecule has 0 spiro atoms. The first-order chi connectivity index (χ1) is 20.0. The second-order valence-electron chi connectivity index (χ2n) is 14.2. The fraction of sp³-hybridized carbons (Fsp3) is 0.903. The van der Waals surface area contributed by atoms with Crippen LogP contribution in [0.5, 0.6) is 0 Å². The van der Waals surface area contributed by atoms with E-state index in [0.29, 0.717) is 13.1 Å². The van der Waals surface area contributed by atoms with Gasteiger partial charge in [-0.1, -0.05) is 32.1 Å². The number of urea groups is 1. The largest absolute Gasteiger partial charge is 0.455 e. The summed E-state index contributed by atoms with van der Waals surface area (Å²) in [4.78, 5) is 41.5. The molecule has 1 heterocycles. The number of likely N-dealkylation sites (tertiary alicyclic amines) is 1. The maximum atomic E-state index is 13.0. The number of piperidine rings is 1. The number of hydrogen-bond donors (Lipinski definition) is 5. The van der Waals surface area contributed by atoms with Gasteiger partial charge in [0.1, 0.15) is 23.9 Å². The minimum Gasteiger partial charge on any atom is -0.455 e. The quantitative estimate of drug-likeness (QED) is 0.164. The van der Waals surface area contributed by atoms with Gasteiger partial charge >= 0.3 is 18.1 Å². The lowest BCUT2D eigenvalue weighted by Gasteiger charge is -2.44. The molecule has 0 aromatic carbocycles. The first-order valence-electron chi connectivity index (χ1n) is 16.0. The van der Waals surface area contributed by atoms with Crippen LogP contribution in [-0.4, -0.2) is 117 Å². The Bertz CT molecular complexity index is 884. The van der Waals surface area contributed by atoms with Gasteiger partial charge < -0.3 is 40.3 Å². The van der Waals surface area contributed by atoms with Crippen LogP contribution in [0.15, 0.2) is 0 Å². The van der Waals surface area contributed by atoms with Crippen molar-refractivity contribution in [3.63, 3.8) is 0 Å². The fourth-order valence-electron chi connectivity index (χ4n) is 5.74. The van der Waals surface area contributed by atoms with Crippen LogP contribution in [0.1, 0.15) is 106 Å². The summed E-state index contributed by atoms with van der Waals surface area (Å²) in [5.74, 6) is -0.822. The van der Waals surface area contributed by atoms with Gasteiger partial charge in [0.25, 0.3) is 0 Å². The van der Waals surface area contributed by atoms with E-state index in [4.69, 9.17) is 9.47 Å². The van der Waals surface area contributed by atoms with Crippen molar-refractivity contribution in [2.45, 2.75) is 154 Å². The maximum absolute atomic E-state index is 13.0. The molecule has 3 amide bonds. The van der Waals surface area contributed by atoms with E-state index in [0.717, 1.165) is 51.4 Å². The number of β-amino-alcohol motifs (C(OH)–C–C–N with tert-alkyl or cyclic N) is 1. The lowest BCUT2D eigenvalue weighted by molar-refractivity contribution is -0.187. The number of ether oxygens (including phenoxy) is 2. The summed E-state index contributed by atoms with van der Waals surface area (Å²) in [7, 11) is 0. The van der Waals surface area contributed by atoms with Gasteiger partial charge in [-0.2, -0.15) is 0 Å². The van der Waals surface area contributed by atoms with Gasteiger partial charge in [-0.25, -0.2) is 14.4 Å². The molecule has 43 heavy (non-hydrogen) atoms. The zero-order valence-corrected chi connectivity index (χ0v) is 27.4. The molecule has 0 bridgehead atoms. The standard InChI is InChI=1S/C31H58N4O8/c1-21(32-29(41)43-31(5,6)7)27(39)42-26-24(37)19-34(23(20-36)25(26)38)17-13-8-9-14-18-35(22-15-11-10-12-16-22)28(40)33-30(2,3)4/h21-26,36-38H,8-20H2,1-7H3,(H,32,41)(H,33,40)/t21-,23+,24-,25+,26+/m0/s1. The van der Waals surface area contributed by atoms with Gasteiger partial charge in [-0.3, -0.25) is 4.90 Å². The number of carbonyl (C=O) groups is 3. The van der Waals surface area contributed by atoms with E-state index in [2.05, 4.69) is 10.6 Å². The van der Waals surface area contributed by atoms with E-state index in [1.165, 1.54) is 13.3 Å². The topological polar surface area (TPSA) is 161 Å². The zero-order valence-electron chi connectivity index (χ0n) is 27.4. The molecule has 5 N–H and O–H groups in total. The molecule has 12 heteroatoms. The second-order valence-corrected chi connectivity index (χ2v) is 14.2. The van der Waals surface area contributed by atoms with E-state index in [9.17, 15) is 29.7 Å². The highest BCUT2D eigenvalue weighted by Gasteiger charge is 2.44. The number of nitrogens with zero attached hydrogens (tertiary/aromatic N) is 2. The Morgan fingerprint density at radius 3 is 2.19 bits per heavy atom. The first kappa shape index (κ1) is 37.0. The number of nitrogens with one attached hydrogen (secondary N) is 2. The molecule has 0 unspecified atom stereocenters. The Morgan fingerprint density at radius 2 is 1.60 bits per heavy atom. The number of unbranched alkanes of at least 4 members (excludes halogenated alkanes) is 3. The third-order valence-corrected chi connectivity index (χ3v) is 7.88. The van der Waals surface area contributed by atoms with Gasteiger partial charge in [0, 0.05) is 24.7 Å². The Labute approximate surface area is 257 Å². The van der Waals surface area contributed by atoms with Crippen LogP contribution in [0.4, 0.5) is 9.59 Å². The predicted octanol–water partition coefficient (Wildman–Crippen LogP) is 2.91. The fourth-order valence-corrected chi connectivity index (χ4v) is 5.74. The summed E-state index contributed by atoms with van der Waals surface area (Å²) >= 11 is 0. The number of carbonyl (C=O) groups excluding carboxylic acids is 3. The number of rotatable bonds is 12. The maximum Gasteiger partial charge on any atom is 0.408 e. The van der Waals surface area contributed by atoms with Gasteiger partial charge in [0.05, 0.1) is 12.6 Å². The van der Waals surface area contributed by atoms with Gasteiger partial charge in [-0.15, -0.1) is 0 Å². The summed E-state index contributed by atoms with van der Waals surface area (Å²) in [6.45, 7) is 13.5. The Kier molecular flexibility index (Phi) is 14.5. The summed E-state index contributed by atoms with van der Waals surface area (Å²) in [6, 6.07) is -1.48. The molecule has 1 aliphatic carbocycles. The molecule has 1 saturated heterocycles. The summed E-state index contributed by atoms with van der Waals surface area (Å²) < 4.78 is 10.5. The predicted molar refractivity (Wildman–Crippen MR) is 164 cm³/mol. The molecule has 2 aliphatic rings. The van der Waals surface area contributed by atoms with Crippen molar-refractivity contribution in [2.75, 3.05) is 26.2 Å². The summed E-state index contributed by atoms with van der Waals surface area (Å²) in [6.07, 6.45) is 4.65. The van der Waals surface area contributed by atoms with E-state index in [1.807, 2.05) is 30.6 Å². The smallest absolute Gasteiger partial charge is 0.408 e. The van der Waals surface area contributed by atoms with Gasteiger partial charge in [0.2, 0.25) is 0 Å². The average Bonchev–Trinajstić information content (AvgIpc) is 2.88. The number of hydrogen-bond acceptors (Lipinski definition) is 9. The molecule has 1 aliphatic heterocycles. The molecule has 1 saturated carbocycles. The molecule has 0 aromatic rings. The number of aliphatic hydroxyl groups excluding tert-OH is 3. The number of aliphatic hydroxyl groups is 3. The summed E-state index contributed by atoms with van der Waals surface area (Å²) in [5, 5.41) is 37.2. The molecule has 5 atom stereocenters. The van der Waals surface area contributed by atoms with Crippen LogP contribution >= 0.6 is 0 Å². The van der Waals surface area contributed by atoms with Crippen molar-refractivity contribution in [1.82, 2.24) is 20.4 Å². The molecule has 2 fully saturated rings. The molecular formula is C31H58N4O8. The highest BCUT2D eigenvalue weighted by atomic mass is 16.6. The minimum absolute atomic E-state index is 0.00625. The molecule has 0 radical (unpaired) electrons. The van der Waals surface area contributed by atoms with Crippen molar-refractivity contribution in [3.8, 4) is 0 Å². The highest BCUT2D eigenvalue weighted by molar-refractivity contribution is 5.81. The van der Waals surface area contributed by atoms with Crippen LogP contribution in [0.3, 0.4) is 0 Å². The average molecular weight is 615 g/mol. The van der Waals surface area contributed by atoms with Crippen molar-refractivity contribution in [3.05, 3.63) is 0 Å². The SMILES string of the molecule is C[C@H](NC(=O)OC(C)(C)C)C(=O)O[C@H]1[C@H](O)[C@@H](CO)N(CCCCCCN(C(=O)NC(C)(C)C)C2CCCCC2)C[C@@H]1O. The van der Waals surface area contributed by atoms with Crippen LogP contribution in [0.2, 0.25) is 0 Å². The van der Waals surface area contributed by atoms with E-state index >= 15 is 0 Å². The second kappa shape index (κ2) is 16.8. The van der Waals surface area contributed by atoms with Crippen LogP contribution in [0.25, 0.3) is 0 Å². The number of esters is 1. The Balaban J connectivity index is 1.82. The van der Waals surface area contributed by atoms with Crippen molar-refractivity contribution >= 4 is 18.1 Å². The minimum atomic E-state index is -1.31. The molecule has 12 nitrogen and oxygen atoms in total. The zero-order chi connectivity index (χ0) is 32.4. The van der Waals surface area contributed by atoms with Crippen molar-refractivity contribution < 1.29 is 39.2 Å². The van der Waals surface area contributed by atoms with Crippen LogP contribution < -0.4 is 10.6 Å².